The predicted molar refractivity (Wildman–Crippen MR) is 62.5 cm³/mol. The highest BCUT2D eigenvalue weighted by atomic mass is 16.4. The maximum absolute atomic E-state index is 11.6. The quantitative estimate of drug-likeness (QED) is 0.652. The summed E-state index contributed by atoms with van der Waals surface area (Å²) < 4.78 is 0. The van der Waals surface area contributed by atoms with E-state index in [4.69, 9.17) is 5.11 Å². The minimum atomic E-state index is -1.07. The molecule has 2 N–H and O–H groups in total. The number of nitrogens with zero attached hydrogens (tertiary/aromatic N) is 1. The summed E-state index contributed by atoms with van der Waals surface area (Å²) in [7, 11) is 0. The highest BCUT2D eigenvalue weighted by Gasteiger charge is 2.14. The van der Waals surface area contributed by atoms with Crippen molar-refractivity contribution in [2.24, 2.45) is 0 Å². The minimum absolute atomic E-state index is 0.199. The number of rotatable bonds is 7. The van der Waals surface area contributed by atoms with Crippen LogP contribution in [0.4, 0.5) is 4.79 Å². The van der Waals surface area contributed by atoms with Crippen LogP contribution in [0.2, 0.25) is 0 Å². The van der Waals surface area contributed by atoms with Crippen LogP contribution in [0.5, 0.6) is 0 Å². The monoisotopic (exact) mass is 242 g/mol. The fourth-order valence-electron chi connectivity index (χ4n) is 1.18. The lowest BCUT2D eigenvalue weighted by atomic mass is 10.3. The van der Waals surface area contributed by atoms with Gasteiger partial charge in [0.15, 0.2) is 0 Å². The Labute approximate surface area is 100 Å². The van der Waals surface area contributed by atoms with E-state index < -0.39 is 17.9 Å². The van der Waals surface area contributed by atoms with Crippen molar-refractivity contribution in [1.82, 2.24) is 10.2 Å². The second-order valence-corrected chi connectivity index (χ2v) is 3.48. The number of imide groups is 1. The van der Waals surface area contributed by atoms with E-state index in [-0.39, 0.29) is 12.8 Å². The summed E-state index contributed by atoms with van der Waals surface area (Å²) in [6, 6.07) is -0.512. The summed E-state index contributed by atoms with van der Waals surface area (Å²) in [5, 5.41) is 10.5. The molecule has 0 aliphatic heterocycles. The van der Waals surface area contributed by atoms with Crippen molar-refractivity contribution < 1.29 is 19.5 Å². The number of carboxylic acid groups (broad SMARTS) is 1. The molecule has 0 spiro atoms. The Morgan fingerprint density at radius 2 is 2.00 bits per heavy atom. The van der Waals surface area contributed by atoms with Gasteiger partial charge in [-0.15, -0.1) is 6.58 Å². The fourth-order valence-corrected chi connectivity index (χ4v) is 1.18. The van der Waals surface area contributed by atoms with Crippen molar-refractivity contribution in [2.45, 2.75) is 26.2 Å². The Morgan fingerprint density at radius 1 is 1.35 bits per heavy atom. The third kappa shape index (κ3) is 7.10. The molecule has 0 aromatic heterocycles. The Morgan fingerprint density at radius 3 is 2.47 bits per heavy atom. The zero-order valence-electron chi connectivity index (χ0n) is 9.94. The number of hydrogen-bond donors (Lipinski definition) is 2. The van der Waals surface area contributed by atoms with Gasteiger partial charge in [-0.3, -0.25) is 14.9 Å². The van der Waals surface area contributed by atoms with Crippen molar-refractivity contribution >= 4 is 17.9 Å². The number of carboxylic acids is 1. The maximum Gasteiger partial charge on any atom is 0.324 e. The van der Waals surface area contributed by atoms with E-state index in [1.54, 1.807) is 6.08 Å². The smallest absolute Gasteiger partial charge is 0.324 e. The van der Waals surface area contributed by atoms with Gasteiger partial charge in [0.2, 0.25) is 5.91 Å². The van der Waals surface area contributed by atoms with Crippen LogP contribution in [0.15, 0.2) is 12.7 Å². The van der Waals surface area contributed by atoms with E-state index in [9.17, 15) is 14.4 Å². The second kappa shape index (κ2) is 8.32. The van der Waals surface area contributed by atoms with Crippen molar-refractivity contribution in [1.29, 1.82) is 0 Å². The van der Waals surface area contributed by atoms with Crippen molar-refractivity contribution in [3.05, 3.63) is 12.7 Å². The van der Waals surface area contributed by atoms with Crippen LogP contribution in [-0.2, 0) is 9.59 Å². The molecule has 0 saturated carbocycles. The van der Waals surface area contributed by atoms with Gasteiger partial charge in [-0.25, -0.2) is 4.79 Å². The topological polar surface area (TPSA) is 86.7 Å². The Balaban J connectivity index is 4.14. The van der Waals surface area contributed by atoms with Gasteiger partial charge in [0.05, 0.1) is 6.42 Å². The molecule has 0 fully saturated rings. The minimum Gasteiger partial charge on any atom is -0.481 e. The molecule has 0 aliphatic carbocycles. The number of amides is 3. The summed E-state index contributed by atoms with van der Waals surface area (Å²) in [4.78, 5) is 34.5. The van der Waals surface area contributed by atoms with Gasteiger partial charge >= 0.3 is 12.0 Å². The largest absolute Gasteiger partial charge is 0.481 e. The van der Waals surface area contributed by atoms with Crippen molar-refractivity contribution in [3.8, 4) is 0 Å². The third-order valence-electron chi connectivity index (χ3n) is 1.94. The standard InChI is InChI=1S/C11H18N2O4/c1-3-7-13(8-4-2)11(17)12-9(14)5-6-10(15)16/h3H,1,4-8H2,2H3,(H,15,16)(H,12,14,17). The van der Waals surface area contributed by atoms with Crippen LogP contribution >= 0.6 is 0 Å². The van der Waals surface area contributed by atoms with Crippen LogP contribution in [0, 0.1) is 0 Å². The first-order chi connectivity index (χ1) is 8.01. The average Bonchev–Trinajstić information content (AvgIpc) is 2.26. The fraction of sp³-hybridized carbons (Fsp3) is 0.545. The summed E-state index contributed by atoms with van der Waals surface area (Å²) in [5.74, 6) is -1.65. The van der Waals surface area contributed by atoms with Crippen LogP contribution in [0.25, 0.3) is 0 Å². The van der Waals surface area contributed by atoms with E-state index in [1.807, 2.05) is 6.92 Å². The summed E-state index contributed by atoms with van der Waals surface area (Å²) in [6.45, 7) is 6.30. The zero-order valence-corrected chi connectivity index (χ0v) is 9.94. The molecule has 0 rings (SSSR count). The highest BCUT2D eigenvalue weighted by Crippen LogP contribution is 1.95. The van der Waals surface area contributed by atoms with E-state index in [0.29, 0.717) is 13.1 Å². The number of hydrogen-bond acceptors (Lipinski definition) is 3. The van der Waals surface area contributed by atoms with E-state index in [1.165, 1.54) is 4.90 Å². The molecule has 96 valence electrons. The molecule has 6 nitrogen and oxygen atoms in total. The normalized spacial score (nSPS) is 9.47. The van der Waals surface area contributed by atoms with Gasteiger partial charge in [0.25, 0.3) is 0 Å². The lowest BCUT2D eigenvalue weighted by Gasteiger charge is -2.20. The molecule has 0 atom stereocenters. The number of carbonyl (C=O) groups is 3. The Hall–Kier alpha value is -1.85. The number of carbonyl (C=O) groups excluding carboxylic acids is 2. The molecule has 0 saturated heterocycles. The summed E-state index contributed by atoms with van der Waals surface area (Å²) >= 11 is 0. The first kappa shape index (κ1) is 15.2. The first-order valence-electron chi connectivity index (χ1n) is 5.42. The highest BCUT2D eigenvalue weighted by molar-refractivity contribution is 5.95. The van der Waals surface area contributed by atoms with Crippen LogP contribution in [-0.4, -0.2) is 41.0 Å². The molecule has 0 bridgehead atoms. The van der Waals surface area contributed by atoms with Crippen LogP contribution in [0.3, 0.4) is 0 Å². The Kier molecular flexibility index (Phi) is 7.41. The number of aliphatic carboxylic acids is 1. The molecule has 0 aromatic rings. The molecular formula is C11H18N2O4. The lowest BCUT2D eigenvalue weighted by molar-refractivity contribution is -0.138. The predicted octanol–water partition coefficient (Wildman–Crippen LogP) is 0.985. The number of nitrogens with one attached hydrogen (secondary N) is 1. The molecule has 3 amide bonds. The van der Waals surface area contributed by atoms with Gasteiger partial charge in [0.1, 0.15) is 0 Å². The Bertz CT molecular complexity index is 302. The second-order valence-electron chi connectivity index (χ2n) is 3.48. The van der Waals surface area contributed by atoms with Crippen LogP contribution < -0.4 is 5.32 Å². The summed E-state index contributed by atoms with van der Waals surface area (Å²) in [5.41, 5.74) is 0. The van der Waals surface area contributed by atoms with Gasteiger partial charge < -0.3 is 10.0 Å². The lowest BCUT2D eigenvalue weighted by Crippen LogP contribution is -2.43. The molecule has 0 radical (unpaired) electrons. The molecule has 6 heteroatoms. The number of urea groups is 1. The molecule has 0 aromatic carbocycles. The van der Waals surface area contributed by atoms with Crippen LogP contribution in [0.1, 0.15) is 26.2 Å². The van der Waals surface area contributed by atoms with Crippen molar-refractivity contribution in [3.63, 3.8) is 0 Å². The van der Waals surface area contributed by atoms with E-state index >= 15 is 0 Å². The van der Waals surface area contributed by atoms with Gasteiger partial charge in [0, 0.05) is 19.5 Å². The average molecular weight is 242 g/mol. The van der Waals surface area contributed by atoms with Gasteiger partial charge in [-0.2, -0.15) is 0 Å². The van der Waals surface area contributed by atoms with Crippen molar-refractivity contribution in [2.75, 3.05) is 13.1 Å². The van der Waals surface area contributed by atoms with Gasteiger partial charge in [-0.1, -0.05) is 13.0 Å². The summed E-state index contributed by atoms with van der Waals surface area (Å²) in [6.07, 6.45) is 1.85. The molecule has 0 heterocycles. The molecule has 17 heavy (non-hydrogen) atoms. The molecule has 0 aliphatic rings. The SMILES string of the molecule is C=CCN(CCC)C(=O)NC(=O)CCC(=O)O. The van der Waals surface area contributed by atoms with Gasteiger partial charge in [-0.05, 0) is 6.42 Å². The zero-order chi connectivity index (χ0) is 13.3. The molecule has 0 unspecified atom stereocenters. The third-order valence-corrected chi connectivity index (χ3v) is 1.94. The molecular weight excluding hydrogens is 224 g/mol. The van der Waals surface area contributed by atoms with E-state index in [2.05, 4.69) is 11.9 Å². The maximum atomic E-state index is 11.6. The van der Waals surface area contributed by atoms with E-state index in [0.717, 1.165) is 6.42 Å². The first-order valence-corrected chi connectivity index (χ1v) is 5.42.